The summed E-state index contributed by atoms with van der Waals surface area (Å²) in [7, 11) is 1.61. The summed E-state index contributed by atoms with van der Waals surface area (Å²) in [6.45, 7) is 5.85. The molecule has 4 rings (SSSR count). The highest BCUT2D eigenvalue weighted by atomic mass is 16.5. The van der Waals surface area contributed by atoms with Crippen molar-refractivity contribution in [3.05, 3.63) is 59.7 Å². The third-order valence-electron chi connectivity index (χ3n) is 4.75. The van der Waals surface area contributed by atoms with E-state index in [0.717, 1.165) is 16.6 Å². The molecule has 9 nitrogen and oxygen atoms in total. The standard InChI is InChI=1S/C22H22N6O3/c1-5-31-22(29)16-11-25-28(21(16)26-18-10-14(3)23-12-24-18)19-9-13(2)15-7-6-8-17(30-4)20(15)27-19/h6-12H,5H2,1-4H3,(H,23,24,26). The maximum absolute atomic E-state index is 12.6. The fourth-order valence-electron chi connectivity index (χ4n) is 3.29. The number of nitrogens with zero attached hydrogens (tertiary/aromatic N) is 5. The number of esters is 1. The highest BCUT2D eigenvalue weighted by molar-refractivity contribution is 5.96. The molecule has 158 valence electrons. The van der Waals surface area contributed by atoms with Gasteiger partial charge >= 0.3 is 5.97 Å². The Kier molecular flexibility index (Phi) is 5.48. The summed E-state index contributed by atoms with van der Waals surface area (Å²) in [6.07, 6.45) is 2.91. The molecule has 3 aromatic heterocycles. The number of aryl methyl sites for hydroxylation is 2. The molecule has 0 radical (unpaired) electrons. The first-order valence-electron chi connectivity index (χ1n) is 9.77. The van der Waals surface area contributed by atoms with Crippen molar-refractivity contribution < 1.29 is 14.3 Å². The lowest BCUT2D eigenvalue weighted by Crippen LogP contribution is -2.11. The van der Waals surface area contributed by atoms with Crippen molar-refractivity contribution >= 4 is 28.5 Å². The fourth-order valence-corrected chi connectivity index (χ4v) is 3.29. The van der Waals surface area contributed by atoms with Crippen LogP contribution in [0.1, 0.15) is 28.5 Å². The second-order valence-electron chi connectivity index (χ2n) is 6.86. The van der Waals surface area contributed by atoms with Crippen molar-refractivity contribution in [1.82, 2.24) is 24.7 Å². The minimum absolute atomic E-state index is 0.251. The summed E-state index contributed by atoms with van der Waals surface area (Å²) >= 11 is 0. The average molecular weight is 418 g/mol. The van der Waals surface area contributed by atoms with Crippen LogP contribution in [0.5, 0.6) is 5.75 Å². The van der Waals surface area contributed by atoms with Crippen LogP contribution in [0.3, 0.4) is 0 Å². The molecule has 31 heavy (non-hydrogen) atoms. The third-order valence-corrected chi connectivity index (χ3v) is 4.75. The Hall–Kier alpha value is -4.01. The Balaban J connectivity index is 1.89. The number of hydrogen-bond acceptors (Lipinski definition) is 8. The molecular weight excluding hydrogens is 396 g/mol. The number of rotatable bonds is 6. The number of carbonyl (C=O) groups excluding carboxylic acids is 1. The van der Waals surface area contributed by atoms with E-state index < -0.39 is 5.97 Å². The predicted octanol–water partition coefficient (Wildman–Crippen LogP) is 3.76. The van der Waals surface area contributed by atoms with Gasteiger partial charge in [0, 0.05) is 17.1 Å². The zero-order valence-electron chi connectivity index (χ0n) is 17.7. The van der Waals surface area contributed by atoms with Gasteiger partial charge in [-0.3, -0.25) is 0 Å². The van der Waals surface area contributed by atoms with Crippen LogP contribution < -0.4 is 10.1 Å². The monoisotopic (exact) mass is 418 g/mol. The lowest BCUT2D eigenvalue weighted by atomic mass is 10.1. The quantitative estimate of drug-likeness (QED) is 0.472. The van der Waals surface area contributed by atoms with Gasteiger partial charge in [-0.15, -0.1) is 0 Å². The van der Waals surface area contributed by atoms with Gasteiger partial charge in [-0.2, -0.15) is 9.78 Å². The number of benzene rings is 1. The Labute approximate surface area is 179 Å². The van der Waals surface area contributed by atoms with Gasteiger partial charge in [-0.1, -0.05) is 12.1 Å². The zero-order chi connectivity index (χ0) is 22.0. The van der Waals surface area contributed by atoms with Crippen LogP contribution in [0, 0.1) is 13.8 Å². The molecule has 0 atom stereocenters. The Bertz CT molecular complexity index is 1270. The fraction of sp³-hybridized carbons (Fsp3) is 0.227. The van der Waals surface area contributed by atoms with E-state index in [1.165, 1.54) is 12.5 Å². The van der Waals surface area contributed by atoms with Gasteiger partial charge in [-0.05, 0) is 38.5 Å². The van der Waals surface area contributed by atoms with Gasteiger partial charge in [0.25, 0.3) is 0 Å². The largest absolute Gasteiger partial charge is 0.494 e. The van der Waals surface area contributed by atoms with E-state index in [4.69, 9.17) is 14.5 Å². The molecule has 0 bridgehead atoms. The van der Waals surface area contributed by atoms with Crippen LogP contribution in [0.4, 0.5) is 11.6 Å². The number of fused-ring (bicyclic) bond motifs is 1. The Morgan fingerprint density at radius 3 is 2.77 bits per heavy atom. The third kappa shape index (κ3) is 3.89. The first-order chi connectivity index (χ1) is 15.0. The molecule has 9 heteroatoms. The molecule has 1 aromatic carbocycles. The molecule has 1 N–H and O–H groups in total. The van der Waals surface area contributed by atoms with Gasteiger partial charge in [0.2, 0.25) is 0 Å². The van der Waals surface area contributed by atoms with Gasteiger partial charge in [0.1, 0.15) is 29.0 Å². The SMILES string of the molecule is CCOC(=O)c1cnn(-c2cc(C)c3cccc(OC)c3n2)c1Nc1cc(C)ncn1. The van der Waals surface area contributed by atoms with Crippen molar-refractivity contribution in [2.45, 2.75) is 20.8 Å². The highest BCUT2D eigenvalue weighted by Crippen LogP contribution is 2.30. The van der Waals surface area contributed by atoms with E-state index in [1.54, 1.807) is 24.8 Å². The van der Waals surface area contributed by atoms with Crippen molar-refractivity contribution in [1.29, 1.82) is 0 Å². The van der Waals surface area contributed by atoms with E-state index in [-0.39, 0.29) is 12.2 Å². The molecule has 0 aliphatic carbocycles. The van der Waals surface area contributed by atoms with Crippen LogP contribution >= 0.6 is 0 Å². The predicted molar refractivity (Wildman–Crippen MR) is 116 cm³/mol. The molecule has 0 aliphatic rings. The molecule has 0 unspecified atom stereocenters. The summed E-state index contributed by atoms with van der Waals surface area (Å²) in [5.41, 5.74) is 2.76. The normalized spacial score (nSPS) is 10.8. The smallest absolute Gasteiger partial charge is 0.343 e. The highest BCUT2D eigenvalue weighted by Gasteiger charge is 2.22. The molecule has 0 saturated carbocycles. The molecular formula is C22H22N6O3. The number of anilines is 2. The Morgan fingerprint density at radius 2 is 2.03 bits per heavy atom. The van der Waals surface area contributed by atoms with E-state index in [9.17, 15) is 4.79 Å². The first-order valence-corrected chi connectivity index (χ1v) is 9.77. The number of hydrogen-bond donors (Lipinski definition) is 1. The summed E-state index contributed by atoms with van der Waals surface area (Å²) < 4.78 is 12.3. The number of nitrogens with one attached hydrogen (secondary N) is 1. The summed E-state index contributed by atoms with van der Waals surface area (Å²) in [4.78, 5) is 25.7. The van der Waals surface area contributed by atoms with E-state index in [0.29, 0.717) is 28.7 Å². The molecule has 0 fully saturated rings. The average Bonchev–Trinajstić information content (AvgIpc) is 3.17. The molecule has 0 amide bonds. The number of carbonyl (C=O) groups is 1. The zero-order valence-corrected chi connectivity index (χ0v) is 17.7. The lowest BCUT2D eigenvalue weighted by Gasteiger charge is -2.13. The van der Waals surface area contributed by atoms with Crippen molar-refractivity contribution in [3.8, 4) is 11.6 Å². The maximum atomic E-state index is 12.6. The van der Waals surface area contributed by atoms with E-state index in [1.807, 2.05) is 38.1 Å². The second kappa shape index (κ2) is 8.39. The van der Waals surface area contributed by atoms with Gasteiger partial charge in [-0.25, -0.2) is 19.7 Å². The van der Waals surface area contributed by atoms with Gasteiger partial charge in [0.15, 0.2) is 11.6 Å². The minimum atomic E-state index is -0.489. The lowest BCUT2D eigenvalue weighted by molar-refractivity contribution is 0.0527. The number of ether oxygens (including phenoxy) is 2. The number of aromatic nitrogens is 5. The molecule has 0 spiro atoms. The number of pyridine rings is 1. The first kappa shape index (κ1) is 20.3. The van der Waals surface area contributed by atoms with Crippen molar-refractivity contribution in [3.63, 3.8) is 0 Å². The Morgan fingerprint density at radius 1 is 1.19 bits per heavy atom. The molecule has 0 saturated heterocycles. The molecule has 0 aliphatic heterocycles. The number of para-hydroxylation sites is 1. The van der Waals surface area contributed by atoms with Crippen molar-refractivity contribution in [2.24, 2.45) is 0 Å². The van der Waals surface area contributed by atoms with Gasteiger partial charge in [0.05, 0.1) is 19.9 Å². The van der Waals surface area contributed by atoms with Crippen LogP contribution in [0.15, 0.2) is 42.9 Å². The van der Waals surface area contributed by atoms with Gasteiger partial charge < -0.3 is 14.8 Å². The summed E-state index contributed by atoms with van der Waals surface area (Å²) in [5, 5.41) is 8.57. The number of methoxy groups -OCH3 is 1. The second-order valence-corrected chi connectivity index (χ2v) is 6.86. The van der Waals surface area contributed by atoms with Crippen LogP contribution in [0.2, 0.25) is 0 Å². The minimum Gasteiger partial charge on any atom is -0.494 e. The van der Waals surface area contributed by atoms with E-state index >= 15 is 0 Å². The maximum Gasteiger partial charge on any atom is 0.343 e. The van der Waals surface area contributed by atoms with Crippen LogP contribution in [0.25, 0.3) is 16.7 Å². The van der Waals surface area contributed by atoms with Crippen LogP contribution in [-0.4, -0.2) is 44.4 Å². The van der Waals surface area contributed by atoms with E-state index in [2.05, 4.69) is 20.4 Å². The summed E-state index contributed by atoms with van der Waals surface area (Å²) in [6, 6.07) is 9.44. The topological polar surface area (TPSA) is 104 Å². The van der Waals surface area contributed by atoms with Crippen LogP contribution in [-0.2, 0) is 4.74 Å². The molecule has 4 aromatic rings. The summed E-state index contributed by atoms with van der Waals surface area (Å²) in [5.74, 6) is 1.61. The van der Waals surface area contributed by atoms with Crippen molar-refractivity contribution in [2.75, 3.05) is 19.0 Å². The molecule has 3 heterocycles.